The Hall–Kier alpha value is -3.83. The van der Waals surface area contributed by atoms with Gasteiger partial charge < -0.3 is 24.3 Å². The maximum absolute atomic E-state index is 13.4. The number of fused-ring (bicyclic) bond motifs is 5. The van der Waals surface area contributed by atoms with E-state index in [2.05, 4.69) is 0 Å². The molecule has 2 atom stereocenters. The lowest BCUT2D eigenvalue weighted by atomic mass is 9.86. The number of pyridine rings is 2. The summed E-state index contributed by atoms with van der Waals surface area (Å²) in [5.41, 5.74) is -0.163. The minimum atomic E-state index is -1.97. The van der Waals surface area contributed by atoms with Crippen molar-refractivity contribution in [3.63, 3.8) is 0 Å². The third kappa shape index (κ3) is 3.38. The molecule has 35 heavy (non-hydrogen) atoms. The van der Waals surface area contributed by atoms with Crippen LogP contribution in [0.25, 0.3) is 22.3 Å². The van der Waals surface area contributed by atoms with Gasteiger partial charge in [-0.3, -0.25) is 14.9 Å². The molecule has 0 spiro atoms. The summed E-state index contributed by atoms with van der Waals surface area (Å²) in [6, 6.07) is 6.62. The van der Waals surface area contributed by atoms with Gasteiger partial charge in [-0.1, -0.05) is 6.92 Å². The number of carbonyl (C=O) groups is 1. The summed E-state index contributed by atoms with van der Waals surface area (Å²) in [6.07, 6.45) is -1.45. The Balaban J connectivity index is 1.80. The second-order valence-electron chi connectivity index (χ2n) is 8.60. The zero-order chi connectivity index (χ0) is 25.1. The van der Waals surface area contributed by atoms with Gasteiger partial charge in [-0.15, -0.1) is 0 Å². The van der Waals surface area contributed by atoms with Gasteiger partial charge in [0.25, 0.3) is 5.56 Å². The number of aromatic nitrogens is 2. The predicted octanol–water partition coefficient (Wildman–Crippen LogP) is 1.79. The molecule has 0 saturated carbocycles. The van der Waals surface area contributed by atoms with Crippen LogP contribution >= 0.6 is 0 Å². The van der Waals surface area contributed by atoms with Crippen LogP contribution < -0.4 is 10.3 Å². The summed E-state index contributed by atoms with van der Waals surface area (Å²) in [5.74, 6) is -0.310. The van der Waals surface area contributed by atoms with E-state index in [0.717, 1.165) is 0 Å². The van der Waals surface area contributed by atoms with E-state index < -0.39 is 34.7 Å². The monoisotopic (exact) mass is 481 g/mol. The van der Waals surface area contributed by atoms with Crippen LogP contribution in [0.1, 0.15) is 48.6 Å². The Morgan fingerprint density at radius 1 is 1.29 bits per heavy atom. The zero-order valence-electron chi connectivity index (χ0n) is 19.1. The minimum absolute atomic E-state index is 0.00668. The summed E-state index contributed by atoms with van der Waals surface area (Å²) < 4.78 is 12.1. The lowest BCUT2D eigenvalue weighted by Gasteiger charge is -2.31. The number of esters is 1. The van der Waals surface area contributed by atoms with Crippen LogP contribution in [0.2, 0.25) is 0 Å². The quantitative estimate of drug-likeness (QED) is 0.238. The Kier molecular flexibility index (Phi) is 5.33. The van der Waals surface area contributed by atoms with Crippen LogP contribution in [0.5, 0.6) is 5.75 Å². The highest BCUT2D eigenvalue weighted by Gasteiger charge is 2.45. The summed E-state index contributed by atoms with van der Waals surface area (Å²) in [7, 11) is 0. The lowest BCUT2D eigenvalue weighted by molar-refractivity contribution is -0.491. The number of rotatable bonds is 6. The van der Waals surface area contributed by atoms with E-state index in [1.807, 2.05) is 6.92 Å². The maximum atomic E-state index is 13.4. The highest BCUT2D eigenvalue weighted by molar-refractivity contribution is 5.90. The first kappa shape index (κ1) is 22.9. The number of carbonyl (C=O) groups excluding carboxylic acids is 1. The van der Waals surface area contributed by atoms with Crippen molar-refractivity contribution >= 4 is 16.9 Å². The number of nitro groups is 1. The van der Waals surface area contributed by atoms with Crippen molar-refractivity contribution < 1.29 is 29.4 Å². The molecule has 3 aromatic rings. The molecule has 2 aromatic heterocycles. The van der Waals surface area contributed by atoms with Crippen molar-refractivity contribution in [3.8, 4) is 17.1 Å². The highest BCUT2D eigenvalue weighted by atomic mass is 16.6. The van der Waals surface area contributed by atoms with Crippen molar-refractivity contribution in [2.75, 3.05) is 13.2 Å². The van der Waals surface area contributed by atoms with E-state index in [0.29, 0.717) is 45.8 Å². The number of benzene rings is 1. The first-order valence-electron chi connectivity index (χ1n) is 11.3. The molecule has 0 amide bonds. The molecule has 2 N–H and O–H groups in total. The number of hydrogen-bond acceptors (Lipinski definition) is 9. The molecule has 0 bridgehead atoms. The molecule has 2 aliphatic rings. The van der Waals surface area contributed by atoms with Crippen molar-refractivity contribution in [3.05, 3.63) is 67.0 Å². The third-order valence-corrected chi connectivity index (χ3v) is 6.67. The van der Waals surface area contributed by atoms with Crippen LogP contribution in [0.3, 0.4) is 0 Å². The first-order valence-corrected chi connectivity index (χ1v) is 11.3. The van der Waals surface area contributed by atoms with Gasteiger partial charge in [-0.2, -0.15) is 0 Å². The fourth-order valence-corrected chi connectivity index (χ4v) is 4.96. The van der Waals surface area contributed by atoms with Gasteiger partial charge in [0.05, 0.1) is 35.6 Å². The topological polar surface area (TPSA) is 154 Å². The van der Waals surface area contributed by atoms with Gasteiger partial charge in [0, 0.05) is 27.0 Å². The number of hydrogen-bond donors (Lipinski definition) is 2. The fraction of sp³-hybridized carbons (Fsp3) is 0.375. The number of cyclic esters (lactones) is 1. The summed E-state index contributed by atoms with van der Waals surface area (Å²) in [6.45, 7) is 2.86. The third-order valence-electron chi connectivity index (χ3n) is 6.67. The average Bonchev–Trinajstić information content (AvgIpc) is 3.18. The lowest BCUT2D eigenvalue weighted by Crippen LogP contribution is -2.44. The highest BCUT2D eigenvalue weighted by Crippen LogP contribution is 2.42. The molecule has 1 aromatic carbocycles. The molecule has 182 valence electrons. The van der Waals surface area contributed by atoms with Gasteiger partial charge >= 0.3 is 5.97 Å². The van der Waals surface area contributed by atoms with Crippen molar-refractivity contribution in [2.24, 2.45) is 0 Å². The van der Waals surface area contributed by atoms with Crippen LogP contribution in [0, 0.1) is 10.1 Å². The molecule has 0 saturated heterocycles. The SMILES string of the molecule is CCOc1ccc2nc3c(c(C(O)C[N+](=O)[O-])c2c1)Cn1c-3cc2c(c1=O)COC(=O)[C@]2(O)CC. The molecule has 0 aliphatic carbocycles. The Morgan fingerprint density at radius 3 is 2.74 bits per heavy atom. The smallest absolute Gasteiger partial charge is 0.343 e. The molecule has 0 radical (unpaired) electrons. The van der Waals surface area contributed by atoms with E-state index in [1.165, 1.54) is 4.57 Å². The molecule has 2 aliphatic heterocycles. The predicted molar refractivity (Wildman–Crippen MR) is 123 cm³/mol. The number of ether oxygens (including phenoxy) is 2. The van der Waals surface area contributed by atoms with Crippen LogP contribution in [-0.2, 0) is 28.3 Å². The Morgan fingerprint density at radius 2 is 2.06 bits per heavy atom. The van der Waals surface area contributed by atoms with Gasteiger partial charge in [-0.25, -0.2) is 9.78 Å². The second kappa shape index (κ2) is 8.14. The fourth-order valence-electron chi connectivity index (χ4n) is 4.96. The molecule has 1 unspecified atom stereocenters. The van der Waals surface area contributed by atoms with Crippen molar-refractivity contribution in [1.29, 1.82) is 0 Å². The van der Waals surface area contributed by atoms with Crippen LogP contribution in [-0.4, -0.2) is 43.8 Å². The standard InChI is InChI=1S/C24H23N3O8/c1-3-24(31)16-8-18-21-14(9-26(18)22(29)15(16)11-35-23(24)30)20(19(28)10-27(32)33)13-7-12(34-4-2)5-6-17(13)25-21/h5-8,19,28,31H,3-4,9-11H2,1-2H3/t19?,24-/m0/s1. The zero-order valence-corrected chi connectivity index (χ0v) is 19.1. The molecule has 11 heteroatoms. The van der Waals surface area contributed by atoms with Gasteiger partial charge in [0.15, 0.2) is 5.60 Å². The second-order valence-corrected chi connectivity index (χ2v) is 8.60. The molecular formula is C24H23N3O8. The van der Waals surface area contributed by atoms with Crippen molar-refractivity contribution in [1.82, 2.24) is 9.55 Å². The Bertz CT molecular complexity index is 1460. The number of aliphatic hydroxyl groups excluding tert-OH is 1. The minimum Gasteiger partial charge on any atom is -0.494 e. The Labute approximate surface area is 198 Å². The summed E-state index contributed by atoms with van der Waals surface area (Å²) in [4.78, 5) is 41.1. The van der Waals surface area contributed by atoms with Crippen molar-refractivity contribution in [2.45, 2.75) is 45.1 Å². The van der Waals surface area contributed by atoms with Crippen LogP contribution in [0.15, 0.2) is 29.1 Å². The van der Waals surface area contributed by atoms with E-state index in [1.54, 1.807) is 31.2 Å². The molecule has 0 fully saturated rings. The summed E-state index contributed by atoms with van der Waals surface area (Å²) >= 11 is 0. The first-order chi connectivity index (χ1) is 16.7. The number of aliphatic hydroxyl groups is 2. The molecule has 5 rings (SSSR count). The van der Waals surface area contributed by atoms with E-state index in [9.17, 15) is 29.9 Å². The van der Waals surface area contributed by atoms with E-state index in [-0.39, 0.29) is 30.7 Å². The van der Waals surface area contributed by atoms with Gasteiger partial charge in [0.2, 0.25) is 6.54 Å². The molecular weight excluding hydrogens is 458 g/mol. The van der Waals surface area contributed by atoms with E-state index >= 15 is 0 Å². The van der Waals surface area contributed by atoms with Gasteiger partial charge in [0.1, 0.15) is 18.5 Å². The normalized spacial score (nSPS) is 19.0. The largest absolute Gasteiger partial charge is 0.494 e. The average molecular weight is 481 g/mol. The van der Waals surface area contributed by atoms with Crippen LogP contribution in [0.4, 0.5) is 0 Å². The van der Waals surface area contributed by atoms with Gasteiger partial charge in [-0.05, 0) is 37.6 Å². The maximum Gasteiger partial charge on any atom is 0.343 e. The van der Waals surface area contributed by atoms with E-state index in [4.69, 9.17) is 14.5 Å². The summed E-state index contributed by atoms with van der Waals surface area (Å²) in [5, 5.41) is 33.6. The molecule has 4 heterocycles. The molecule has 11 nitrogen and oxygen atoms in total. The number of nitrogens with zero attached hydrogens (tertiary/aromatic N) is 3.